The molecule has 4 rings (SSSR count). The van der Waals surface area contributed by atoms with Crippen molar-refractivity contribution in [1.82, 2.24) is 5.32 Å². The van der Waals surface area contributed by atoms with Crippen molar-refractivity contribution < 1.29 is 14.0 Å². The predicted octanol–water partition coefficient (Wildman–Crippen LogP) is 3.04. The summed E-state index contributed by atoms with van der Waals surface area (Å²) in [7, 11) is 0. The highest BCUT2D eigenvalue weighted by atomic mass is 19.1. The molecule has 1 aliphatic heterocycles. The Balaban J connectivity index is 1.91. The van der Waals surface area contributed by atoms with Crippen LogP contribution in [0, 0.1) is 5.82 Å². The Morgan fingerprint density at radius 1 is 1.00 bits per heavy atom. The summed E-state index contributed by atoms with van der Waals surface area (Å²) in [6.45, 7) is 0. The maximum Gasteiger partial charge on any atom is 0.242 e. The Hall–Kier alpha value is -2.49. The first-order valence-corrected chi connectivity index (χ1v) is 7.80. The highest BCUT2D eigenvalue weighted by molar-refractivity contribution is 6.11. The number of benzene rings is 2. The minimum atomic E-state index is -1.13. The van der Waals surface area contributed by atoms with Gasteiger partial charge in [-0.05, 0) is 47.6 Å². The van der Waals surface area contributed by atoms with Crippen molar-refractivity contribution in [1.29, 1.82) is 0 Å². The lowest BCUT2D eigenvalue weighted by Crippen LogP contribution is -2.37. The van der Waals surface area contributed by atoms with E-state index in [2.05, 4.69) is 11.4 Å². The topological polar surface area (TPSA) is 46.2 Å². The first-order chi connectivity index (χ1) is 11.1. The van der Waals surface area contributed by atoms with E-state index in [-0.39, 0.29) is 18.2 Å². The number of hydrogen-bond acceptors (Lipinski definition) is 2. The van der Waals surface area contributed by atoms with Crippen molar-refractivity contribution in [3.05, 3.63) is 71.0 Å². The summed E-state index contributed by atoms with van der Waals surface area (Å²) in [5, 5.41) is 2.39. The van der Waals surface area contributed by atoms with Crippen molar-refractivity contribution in [3.63, 3.8) is 0 Å². The molecule has 2 aromatic rings. The molecule has 1 unspecified atom stereocenters. The van der Waals surface area contributed by atoms with E-state index in [1.807, 2.05) is 18.2 Å². The van der Waals surface area contributed by atoms with E-state index in [1.54, 1.807) is 12.1 Å². The van der Waals surface area contributed by atoms with Crippen molar-refractivity contribution in [2.24, 2.45) is 0 Å². The SMILES string of the molecule is O=C1CC(c2cccc(F)c2)(c2cccc(C3CC3)c2)C(=O)N1. The molecular weight excluding hydrogens is 293 g/mol. The van der Waals surface area contributed by atoms with Crippen molar-refractivity contribution in [3.8, 4) is 0 Å². The molecule has 1 heterocycles. The van der Waals surface area contributed by atoms with Gasteiger partial charge in [-0.2, -0.15) is 0 Å². The minimum Gasteiger partial charge on any atom is -0.295 e. The number of nitrogens with one attached hydrogen (secondary N) is 1. The summed E-state index contributed by atoms with van der Waals surface area (Å²) in [5.41, 5.74) is 1.33. The van der Waals surface area contributed by atoms with Gasteiger partial charge in [0.15, 0.2) is 0 Å². The maximum atomic E-state index is 13.7. The molecule has 1 saturated heterocycles. The molecule has 2 fully saturated rings. The van der Waals surface area contributed by atoms with Crippen molar-refractivity contribution in [2.45, 2.75) is 30.6 Å². The molecule has 3 nitrogen and oxygen atoms in total. The lowest BCUT2D eigenvalue weighted by atomic mass is 9.72. The fraction of sp³-hybridized carbons (Fsp3) is 0.263. The Labute approximate surface area is 133 Å². The number of rotatable bonds is 3. The largest absolute Gasteiger partial charge is 0.295 e. The molecule has 116 valence electrons. The second-order valence-electron chi connectivity index (χ2n) is 6.37. The molecule has 0 radical (unpaired) electrons. The van der Waals surface area contributed by atoms with E-state index < -0.39 is 11.2 Å². The van der Waals surface area contributed by atoms with Crippen LogP contribution < -0.4 is 5.32 Å². The molecule has 2 aliphatic rings. The van der Waals surface area contributed by atoms with Gasteiger partial charge in [0.2, 0.25) is 11.8 Å². The molecule has 1 aliphatic carbocycles. The van der Waals surface area contributed by atoms with Gasteiger partial charge < -0.3 is 0 Å². The van der Waals surface area contributed by atoms with Gasteiger partial charge in [-0.15, -0.1) is 0 Å². The van der Waals surface area contributed by atoms with Gasteiger partial charge in [0.05, 0.1) is 0 Å². The molecule has 0 bridgehead atoms. The molecule has 0 aromatic heterocycles. The smallest absolute Gasteiger partial charge is 0.242 e. The summed E-state index contributed by atoms with van der Waals surface area (Å²) in [5.74, 6) is -0.566. The number of amides is 2. The summed E-state index contributed by atoms with van der Waals surface area (Å²) in [4.78, 5) is 24.6. The summed E-state index contributed by atoms with van der Waals surface area (Å²) < 4.78 is 13.7. The minimum absolute atomic E-state index is 0.0173. The number of carbonyl (C=O) groups excluding carboxylic acids is 2. The number of halogens is 1. The van der Waals surface area contributed by atoms with Gasteiger partial charge >= 0.3 is 0 Å². The van der Waals surface area contributed by atoms with Crippen LogP contribution in [0.4, 0.5) is 4.39 Å². The summed E-state index contributed by atoms with van der Waals surface area (Å²) in [6, 6.07) is 13.8. The lowest BCUT2D eigenvalue weighted by molar-refractivity contribution is -0.125. The van der Waals surface area contributed by atoms with Crippen LogP contribution in [0.25, 0.3) is 0 Å². The van der Waals surface area contributed by atoms with Crippen LogP contribution in [0.2, 0.25) is 0 Å². The zero-order valence-corrected chi connectivity index (χ0v) is 12.5. The maximum absolute atomic E-state index is 13.7. The zero-order chi connectivity index (χ0) is 16.0. The van der Waals surface area contributed by atoms with Crippen LogP contribution in [0.1, 0.15) is 41.9 Å². The molecular formula is C19H16FNO2. The monoisotopic (exact) mass is 309 g/mol. The third kappa shape index (κ3) is 2.25. The number of imide groups is 1. The molecule has 4 heteroatoms. The lowest BCUT2D eigenvalue weighted by Gasteiger charge is -2.27. The van der Waals surface area contributed by atoms with Crippen LogP contribution in [-0.4, -0.2) is 11.8 Å². The van der Waals surface area contributed by atoms with E-state index in [9.17, 15) is 14.0 Å². The molecule has 1 atom stereocenters. The standard InChI is InChI=1S/C19H16FNO2/c20-16-6-2-5-15(10-16)19(11-17(22)21-18(19)23)14-4-1-3-13(9-14)12-7-8-12/h1-6,9-10,12H,7-8,11H2,(H,21,22,23). The highest BCUT2D eigenvalue weighted by Gasteiger charge is 2.49. The third-order valence-corrected chi connectivity index (χ3v) is 4.81. The molecule has 1 N–H and O–H groups in total. The molecule has 2 amide bonds. The quantitative estimate of drug-likeness (QED) is 0.886. The Morgan fingerprint density at radius 2 is 1.70 bits per heavy atom. The van der Waals surface area contributed by atoms with Crippen LogP contribution in [0.15, 0.2) is 48.5 Å². The molecule has 1 saturated carbocycles. The fourth-order valence-electron chi connectivity index (χ4n) is 3.46. The second kappa shape index (κ2) is 5.01. The van der Waals surface area contributed by atoms with E-state index in [4.69, 9.17) is 0 Å². The van der Waals surface area contributed by atoms with Gasteiger partial charge in [0.25, 0.3) is 0 Å². The van der Waals surface area contributed by atoms with Gasteiger partial charge in [0.1, 0.15) is 11.2 Å². The van der Waals surface area contributed by atoms with Crippen LogP contribution in [0.5, 0.6) is 0 Å². The third-order valence-electron chi connectivity index (χ3n) is 4.81. The number of hydrogen-bond donors (Lipinski definition) is 1. The van der Waals surface area contributed by atoms with Crippen LogP contribution in [-0.2, 0) is 15.0 Å². The zero-order valence-electron chi connectivity index (χ0n) is 12.5. The average Bonchev–Trinajstić information content (AvgIpc) is 3.33. The van der Waals surface area contributed by atoms with Crippen molar-refractivity contribution >= 4 is 11.8 Å². The Kier molecular flexibility index (Phi) is 3.08. The van der Waals surface area contributed by atoms with E-state index >= 15 is 0 Å². The van der Waals surface area contributed by atoms with Gasteiger partial charge in [-0.1, -0.05) is 36.4 Å². The molecule has 0 spiro atoms. The first kappa shape index (κ1) is 14.1. The highest BCUT2D eigenvalue weighted by Crippen LogP contribution is 2.44. The average molecular weight is 309 g/mol. The number of carbonyl (C=O) groups is 2. The van der Waals surface area contributed by atoms with E-state index in [0.717, 1.165) is 18.4 Å². The fourth-order valence-corrected chi connectivity index (χ4v) is 3.46. The Bertz CT molecular complexity index is 813. The van der Waals surface area contributed by atoms with Gasteiger partial charge in [-0.3, -0.25) is 14.9 Å². The predicted molar refractivity (Wildman–Crippen MR) is 83.4 cm³/mol. The van der Waals surface area contributed by atoms with Crippen LogP contribution >= 0.6 is 0 Å². The second-order valence-corrected chi connectivity index (χ2v) is 6.37. The van der Waals surface area contributed by atoms with Crippen LogP contribution in [0.3, 0.4) is 0 Å². The molecule has 23 heavy (non-hydrogen) atoms. The molecule has 2 aromatic carbocycles. The van der Waals surface area contributed by atoms with E-state index in [1.165, 1.54) is 17.7 Å². The first-order valence-electron chi connectivity index (χ1n) is 7.80. The van der Waals surface area contributed by atoms with Gasteiger partial charge in [0, 0.05) is 6.42 Å². The summed E-state index contributed by atoms with van der Waals surface area (Å²) >= 11 is 0. The summed E-state index contributed by atoms with van der Waals surface area (Å²) in [6.07, 6.45) is 2.33. The van der Waals surface area contributed by atoms with Gasteiger partial charge in [-0.25, -0.2) is 4.39 Å². The Morgan fingerprint density at radius 3 is 2.30 bits per heavy atom. The normalized spacial score (nSPS) is 23.9. The van der Waals surface area contributed by atoms with E-state index in [0.29, 0.717) is 11.5 Å². The van der Waals surface area contributed by atoms with Crippen molar-refractivity contribution in [2.75, 3.05) is 0 Å².